The van der Waals surface area contributed by atoms with Gasteiger partial charge in [0.05, 0.1) is 18.3 Å². The molecule has 4 saturated carbocycles. The molecule has 0 aromatic rings. The summed E-state index contributed by atoms with van der Waals surface area (Å²) in [6, 6.07) is 0. The molecule has 33 heavy (non-hydrogen) atoms. The molecule has 12 atom stereocenters. The zero-order valence-electron chi connectivity index (χ0n) is 20.4. The molecule has 0 heterocycles. The van der Waals surface area contributed by atoms with Gasteiger partial charge in [0.25, 0.3) is 0 Å². The topological polar surface area (TPSA) is 98.0 Å². The van der Waals surface area contributed by atoms with Crippen LogP contribution in [0.3, 0.4) is 0 Å². The van der Waals surface area contributed by atoms with Crippen LogP contribution in [0.2, 0.25) is 0 Å². The fourth-order valence-corrected chi connectivity index (χ4v) is 9.52. The van der Waals surface area contributed by atoms with E-state index in [9.17, 15) is 28.9 Å². The number of carbonyl (C=O) groups is 1. The molecule has 5 nitrogen and oxygen atoms in total. The number of carboxylic acids is 1. The summed E-state index contributed by atoms with van der Waals surface area (Å²) >= 11 is 0. The van der Waals surface area contributed by atoms with Gasteiger partial charge in [0, 0.05) is 6.42 Å². The van der Waals surface area contributed by atoms with Crippen molar-refractivity contribution in [1.29, 1.82) is 0 Å². The quantitative estimate of drug-likeness (QED) is 0.478. The van der Waals surface area contributed by atoms with Crippen LogP contribution in [0.4, 0.5) is 8.78 Å². The Labute approximate surface area is 196 Å². The van der Waals surface area contributed by atoms with E-state index in [1.807, 2.05) is 6.92 Å². The Kier molecular flexibility index (Phi) is 6.45. The van der Waals surface area contributed by atoms with E-state index in [0.717, 1.165) is 25.7 Å². The molecule has 4 aliphatic rings. The second-order valence-corrected chi connectivity index (χ2v) is 12.4. The van der Waals surface area contributed by atoms with E-state index < -0.39 is 41.9 Å². The Morgan fingerprint density at radius 2 is 1.73 bits per heavy atom. The number of hydrogen-bond acceptors (Lipinski definition) is 4. The monoisotopic (exact) mass is 472 g/mol. The number of aliphatic carboxylic acids is 1. The normalized spacial score (nSPS) is 50.8. The van der Waals surface area contributed by atoms with Gasteiger partial charge in [-0.05, 0) is 90.8 Å². The average molecular weight is 473 g/mol. The summed E-state index contributed by atoms with van der Waals surface area (Å²) in [6.45, 7) is 8.08. The number of fused-ring (bicyclic) bond motifs is 5. The highest BCUT2D eigenvalue weighted by atomic mass is 19.3. The number of alkyl halides is 2. The molecule has 0 amide bonds. The van der Waals surface area contributed by atoms with Crippen LogP contribution in [-0.4, -0.2) is 50.6 Å². The standard InChI is InChI=1S/C26H42F2O5/c1-5-15-18-10-14(29)8-9-24(18,3)19-11-20(30)25(4)16(6-7-17(25)21(19)22(15)31)13(2)12-26(27,28)23(32)33/h13-22,29-31H,5-12H2,1-4H3,(H,32,33)/t13-,14-,15-,16-,17+,18+,19+,20+,21+,22-,24+,25-/m1/s1. The highest BCUT2D eigenvalue weighted by Crippen LogP contribution is 2.69. The maximum Gasteiger partial charge on any atom is 0.374 e. The first-order valence-electron chi connectivity index (χ1n) is 12.9. The van der Waals surface area contributed by atoms with Crippen molar-refractivity contribution in [3.8, 4) is 0 Å². The predicted molar refractivity (Wildman–Crippen MR) is 120 cm³/mol. The molecule has 0 aromatic heterocycles. The van der Waals surface area contributed by atoms with Crippen molar-refractivity contribution in [3.63, 3.8) is 0 Å². The third-order valence-corrected chi connectivity index (χ3v) is 11.1. The van der Waals surface area contributed by atoms with Crippen LogP contribution in [0.1, 0.15) is 79.1 Å². The molecule has 0 unspecified atom stereocenters. The Balaban J connectivity index is 1.67. The van der Waals surface area contributed by atoms with Gasteiger partial charge in [-0.25, -0.2) is 4.79 Å². The van der Waals surface area contributed by atoms with Crippen molar-refractivity contribution < 1.29 is 34.0 Å². The highest BCUT2D eigenvalue weighted by Gasteiger charge is 2.67. The minimum atomic E-state index is -3.78. The maximum absolute atomic E-state index is 14.1. The Hall–Kier alpha value is -0.790. The van der Waals surface area contributed by atoms with Gasteiger partial charge in [0.2, 0.25) is 0 Å². The van der Waals surface area contributed by atoms with E-state index in [-0.39, 0.29) is 47.0 Å². The number of carboxylic acid groups (broad SMARTS) is 1. The average Bonchev–Trinajstić information content (AvgIpc) is 3.09. The summed E-state index contributed by atoms with van der Waals surface area (Å²) in [5, 5.41) is 42.5. The summed E-state index contributed by atoms with van der Waals surface area (Å²) in [6.07, 6.45) is 2.83. The Morgan fingerprint density at radius 3 is 2.33 bits per heavy atom. The molecule has 4 rings (SSSR count). The van der Waals surface area contributed by atoms with Crippen LogP contribution in [0.15, 0.2) is 0 Å². The lowest BCUT2D eigenvalue weighted by atomic mass is 9.41. The second kappa shape index (κ2) is 8.41. The van der Waals surface area contributed by atoms with Crippen molar-refractivity contribution in [2.45, 2.75) is 103 Å². The summed E-state index contributed by atoms with van der Waals surface area (Å²) < 4.78 is 28.1. The Bertz CT molecular complexity index is 761. The van der Waals surface area contributed by atoms with Gasteiger partial charge < -0.3 is 20.4 Å². The van der Waals surface area contributed by atoms with Crippen molar-refractivity contribution in [2.75, 3.05) is 0 Å². The van der Waals surface area contributed by atoms with E-state index in [4.69, 9.17) is 5.11 Å². The molecule has 190 valence electrons. The summed E-state index contributed by atoms with van der Waals surface area (Å²) in [5.74, 6) is -6.19. The molecular formula is C26H42F2O5. The van der Waals surface area contributed by atoms with E-state index in [2.05, 4.69) is 13.8 Å². The van der Waals surface area contributed by atoms with Crippen LogP contribution < -0.4 is 0 Å². The lowest BCUT2D eigenvalue weighted by Gasteiger charge is -2.65. The summed E-state index contributed by atoms with van der Waals surface area (Å²) in [4.78, 5) is 11.0. The number of aliphatic hydroxyl groups is 3. The lowest BCUT2D eigenvalue weighted by Crippen LogP contribution is -2.65. The molecule has 0 spiro atoms. The largest absolute Gasteiger partial charge is 0.477 e. The summed E-state index contributed by atoms with van der Waals surface area (Å²) in [7, 11) is 0. The molecule has 4 fully saturated rings. The van der Waals surface area contributed by atoms with Crippen molar-refractivity contribution in [1.82, 2.24) is 0 Å². The number of rotatable bonds is 5. The Morgan fingerprint density at radius 1 is 1.06 bits per heavy atom. The van der Waals surface area contributed by atoms with Gasteiger partial charge in [0.1, 0.15) is 0 Å². The predicted octanol–water partition coefficient (Wildman–Crippen LogP) is 4.33. The zero-order chi connectivity index (χ0) is 24.5. The molecule has 0 bridgehead atoms. The second-order valence-electron chi connectivity index (χ2n) is 12.4. The van der Waals surface area contributed by atoms with Crippen LogP contribution in [-0.2, 0) is 4.79 Å². The first kappa shape index (κ1) is 25.3. The van der Waals surface area contributed by atoms with Crippen molar-refractivity contribution in [2.24, 2.45) is 52.3 Å². The van der Waals surface area contributed by atoms with Crippen LogP contribution >= 0.6 is 0 Å². The molecule has 0 radical (unpaired) electrons. The molecule has 0 saturated heterocycles. The van der Waals surface area contributed by atoms with Crippen molar-refractivity contribution in [3.05, 3.63) is 0 Å². The van der Waals surface area contributed by atoms with E-state index in [1.54, 1.807) is 6.92 Å². The van der Waals surface area contributed by atoms with Crippen LogP contribution in [0.25, 0.3) is 0 Å². The van der Waals surface area contributed by atoms with Crippen LogP contribution in [0, 0.1) is 52.3 Å². The van der Waals surface area contributed by atoms with Gasteiger partial charge in [-0.3, -0.25) is 0 Å². The molecule has 0 aliphatic heterocycles. The van der Waals surface area contributed by atoms with Crippen LogP contribution in [0.5, 0.6) is 0 Å². The molecule has 4 N–H and O–H groups in total. The minimum Gasteiger partial charge on any atom is -0.477 e. The minimum absolute atomic E-state index is 0.00275. The van der Waals surface area contributed by atoms with Gasteiger partial charge in [-0.15, -0.1) is 0 Å². The SMILES string of the molecule is CC[C@H]1[C@@H](O)[C@@H]2[C@H](C[C@H](O)[C@]3(C)[C@@H]([C@H](C)CC(F)(F)C(=O)O)CC[C@@H]23)[C@@]2(C)CC[C@@H](O)C[C@@H]12. The zero-order valence-corrected chi connectivity index (χ0v) is 20.4. The van der Waals surface area contributed by atoms with E-state index in [1.165, 1.54) is 0 Å². The van der Waals surface area contributed by atoms with Crippen molar-refractivity contribution >= 4 is 5.97 Å². The molecule has 4 aliphatic carbocycles. The fraction of sp³-hybridized carbons (Fsp3) is 0.962. The molecule has 0 aromatic carbocycles. The number of aliphatic hydroxyl groups excluding tert-OH is 3. The van der Waals surface area contributed by atoms with E-state index in [0.29, 0.717) is 19.3 Å². The van der Waals surface area contributed by atoms with E-state index >= 15 is 0 Å². The lowest BCUT2D eigenvalue weighted by molar-refractivity contribution is -0.229. The number of hydrogen-bond donors (Lipinski definition) is 4. The highest BCUT2D eigenvalue weighted by molar-refractivity contribution is 5.75. The van der Waals surface area contributed by atoms with Gasteiger partial charge >= 0.3 is 11.9 Å². The smallest absolute Gasteiger partial charge is 0.374 e. The maximum atomic E-state index is 14.1. The molecule has 7 heteroatoms. The summed E-state index contributed by atoms with van der Waals surface area (Å²) in [5.41, 5.74) is -0.683. The van der Waals surface area contributed by atoms with Gasteiger partial charge in [0.15, 0.2) is 0 Å². The fourth-order valence-electron chi connectivity index (χ4n) is 9.52. The third kappa shape index (κ3) is 3.67. The molecular weight excluding hydrogens is 430 g/mol. The van der Waals surface area contributed by atoms with Gasteiger partial charge in [-0.2, -0.15) is 8.78 Å². The first-order chi connectivity index (χ1) is 15.3. The third-order valence-electron chi connectivity index (χ3n) is 11.1. The first-order valence-corrected chi connectivity index (χ1v) is 12.9. The van der Waals surface area contributed by atoms with Gasteiger partial charge in [-0.1, -0.05) is 34.1 Å². The number of halogens is 2.